The summed E-state index contributed by atoms with van der Waals surface area (Å²) in [5, 5.41) is 3.22. The molecule has 7 heteroatoms. The van der Waals surface area contributed by atoms with Crippen molar-refractivity contribution in [2.24, 2.45) is 5.11 Å². The van der Waals surface area contributed by atoms with E-state index in [1.54, 1.807) is 13.8 Å². The number of carbonyl (C=O) groups is 1. The highest BCUT2D eigenvalue weighted by Crippen LogP contribution is 2.10. The van der Waals surface area contributed by atoms with Gasteiger partial charge in [0.05, 0.1) is 17.9 Å². The lowest BCUT2D eigenvalue weighted by atomic mass is 10.2. The maximum absolute atomic E-state index is 11.3. The molecule has 0 bridgehead atoms. The van der Waals surface area contributed by atoms with Crippen LogP contribution >= 0.6 is 0 Å². The number of nitrogens with zero attached hydrogens (tertiary/aromatic N) is 5. The molecule has 0 spiro atoms. The number of rotatable bonds is 3. The molecule has 0 aromatic carbocycles. The van der Waals surface area contributed by atoms with E-state index in [0.29, 0.717) is 5.69 Å². The number of ether oxygens (including phenoxy) is 1. The summed E-state index contributed by atoms with van der Waals surface area (Å²) in [6, 6.07) is 0. The minimum absolute atomic E-state index is 0.0111. The fourth-order valence-electron chi connectivity index (χ4n) is 0.952. The molecule has 0 fully saturated rings. The van der Waals surface area contributed by atoms with E-state index in [2.05, 4.69) is 20.0 Å². The second kappa shape index (κ2) is 4.92. The van der Waals surface area contributed by atoms with Gasteiger partial charge in [0.25, 0.3) is 0 Å². The van der Waals surface area contributed by atoms with Crippen molar-refractivity contribution in [3.8, 4) is 0 Å². The van der Waals surface area contributed by atoms with Gasteiger partial charge in [-0.25, -0.2) is 14.8 Å². The first-order valence-corrected chi connectivity index (χ1v) is 4.25. The van der Waals surface area contributed by atoms with Gasteiger partial charge in [0.1, 0.15) is 0 Å². The predicted molar refractivity (Wildman–Crippen MR) is 51.5 cm³/mol. The zero-order valence-electron chi connectivity index (χ0n) is 8.34. The molecule has 0 aliphatic heterocycles. The SMILES string of the molecule is CCOC(=O)c1cnc(N=[N+]=[N-])nc1C. The van der Waals surface area contributed by atoms with Crippen LogP contribution < -0.4 is 0 Å². The fourth-order valence-corrected chi connectivity index (χ4v) is 0.952. The van der Waals surface area contributed by atoms with Gasteiger partial charge in [-0.2, -0.15) is 0 Å². The number of aromatic nitrogens is 2. The van der Waals surface area contributed by atoms with E-state index in [0.717, 1.165) is 0 Å². The Hall–Kier alpha value is -2.14. The van der Waals surface area contributed by atoms with E-state index in [9.17, 15) is 4.79 Å². The molecule has 0 unspecified atom stereocenters. The fraction of sp³-hybridized carbons (Fsp3) is 0.375. The molecule has 0 aliphatic carbocycles. The van der Waals surface area contributed by atoms with Gasteiger partial charge in [0, 0.05) is 11.1 Å². The quantitative estimate of drug-likeness (QED) is 0.327. The topological polar surface area (TPSA) is 101 Å². The van der Waals surface area contributed by atoms with Crippen LogP contribution in [0.4, 0.5) is 5.95 Å². The first-order valence-electron chi connectivity index (χ1n) is 4.25. The first-order chi connectivity index (χ1) is 7.19. The Kier molecular flexibility index (Phi) is 3.59. The number of esters is 1. The number of carbonyl (C=O) groups excluding carboxylic acids is 1. The predicted octanol–water partition coefficient (Wildman–Crippen LogP) is 1.90. The molecule has 0 radical (unpaired) electrons. The molecule has 7 nitrogen and oxygen atoms in total. The van der Waals surface area contributed by atoms with Crippen LogP contribution in [0.25, 0.3) is 10.4 Å². The minimum Gasteiger partial charge on any atom is -0.462 e. The average Bonchev–Trinajstić information content (AvgIpc) is 2.18. The zero-order chi connectivity index (χ0) is 11.3. The lowest BCUT2D eigenvalue weighted by molar-refractivity contribution is 0.0524. The zero-order valence-corrected chi connectivity index (χ0v) is 8.34. The van der Waals surface area contributed by atoms with Crippen molar-refractivity contribution >= 4 is 11.9 Å². The van der Waals surface area contributed by atoms with Crippen LogP contribution in [-0.2, 0) is 4.74 Å². The van der Waals surface area contributed by atoms with Gasteiger partial charge in [-0.3, -0.25) is 0 Å². The normalized spacial score (nSPS) is 9.20. The Balaban J connectivity index is 3.02. The summed E-state index contributed by atoms with van der Waals surface area (Å²) < 4.78 is 4.79. The average molecular weight is 207 g/mol. The van der Waals surface area contributed by atoms with Gasteiger partial charge < -0.3 is 4.74 Å². The monoisotopic (exact) mass is 207 g/mol. The molecular weight excluding hydrogens is 198 g/mol. The van der Waals surface area contributed by atoms with Crippen LogP contribution in [0.2, 0.25) is 0 Å². The molecule has 78 valence electrons. The van der Waals surface area contributed by atoms with Crippen LogP contribution in [0.5, 0.6) is 0 Å². The summed E-state index contributed by atoms with van der Waals surface area (Å²) in [5.41, 5.74) is 8.85. The summed E-state index contributed by atoms with van der Waals surface area (Å²) in [6.07, 6.45) is 1.28. The lowest BCUT2D eigenvalue weighted by Gasteiger charge is -2.03. The van der Waals surface area contributed by atoms with Gasteiger partial charge in [-0.15, -0.1) is 0 Å². The lowest BCUT2D eigenvalue weighted by Crippen LogP contribution is -2.08. The van der Waals surface area contributed by atoms with Crippen molar-refractivity contribution in [2.75, 3.05) is 6.61 Å². The van der Waals surface area contributed by atoms with Gasteiger partial charge in [-0.1, -0.05) is 0 Å². The van der Waals surface area contributed by atoms with Crippen LogP contribution in [0.3, 0.4) is 0 Å². The van der Waals surface area contributed by atoms with Crippen molar-refractivity contribution in [3.63, 3.8) is 0 Å². The number of aryl methyl sites for hydroxylation is 1. The van der Waals surface area contributed by atoms with Gasteiger partial charge in [-0.05, 0) is 24.5 Å². The van der Waals surface area contributed by atoms with Crippen molar-refractivity contribution in [2.45, 2.75) is 13.8 Å². The second-order valence-electron chi connectivity index (χ2n) is 2.58. The molecule has 0 amide bonds. The molecule has 0 N–H and O–H groups in total. The summed E-state index contributed by atoms with van der Waals surface area (Å²) in [5.74, 6) is -0.495. The number of hydrogen-bond acceptors (Lipinski definition) is 5. The summed E-state index contributed by atoms with van der Waals surface area (Å²) in [7, 11) is 0. The van der Waals surface area contributed by atoms with Crippen LogP contribution in [-0.4, -0.2) is 22.5 Å². The molecule has 0 saturated carbocycles. The van der Waals surface area contributed by atoms with E-state index in [1.165, 1.54) is 6.20 Å². The Morgan fingerprint density at radius 1 is 1.73 bits per heavy atom. The molecule has 1 heterocycles. The molecule has 0 aliphatic rings. The summed E-state index contributed by atoms with van der Waals surface area (Å²) in [4.78, 5) is 21.4. The van der Waals surface area contributed by atoms with Crippen LogP contribution in [0, 0.1) is 6.92 Å². The number of hydrogen-bond donors (Lipinski definition) is 0. The third-order valence-corrected chi connectivity index (χ3v) is 1.60. The molecule has 0 saturated heterocycles. The van der Waals surface area contributed by atoms with Crippen LogP contribution in [0.15, 0.2) is 11.3 Å². The molecule has 1 aromatic rings. The maximum Gasteiger partial charge on any atom is 0.341 e. The smallest absolute Gasteiger partial charge is 0.341 e. The highest BCUT2D eigenvalue weighted by atomic mass is 16.5. The van der Waals surface area contributed by atoms with Gasteiger partial charge in [0.15, 0.2) is 0 Å². The number of azide groups is 1. The maximum atomic E-state index is 11.3. The largest absolute Gasteiger partial charge is 0.462 e. The molecule has 1 aromatic heterocycles. The van der Waals surface area contributed by atoms with Crippen molar-refractivity contribution in [1.29, 1.82) is 0 Å². The van der Waals surface area contributed by atoms with Crippen molar-refractivity contribution in [1.82, 2.24) is 9.97 Å². The standard InChI is InChI=1S/C8H9N5O2/c1-3-15-7(14)6-4-10-8(12-13-9)11-5(6)2/h4H,3H2,1-2H3. The summed E-state index contributed by atoms with van der Waals surface area (Å²) >= 11 is 0. The second-order valence-corrected chi connectivity index (χ2v) is 2.58. The molecule has 15 heavy (non-hydrogen) atoms. The third-order valence-electron chi connectivity index (χ3n) is 1.60. The van der Waals surface area contributed by atoms with E-state index in [4.69, 9.17) is 10.3 Å². The summed E-state index contributed by atoms with van der Waals surface area (Å²) in [6.45, 7) is 3.61. The third kappa shape index (κ3) is 2.65. The van der Waals surface area contributed by atoms with E-state index >= 15 is 0 Å². The van der Waals surface area contributed by atoms with E-state index in [-0.39, 0.29) is 18.1 Å². The van der Waals surface area contributed by atoms with E-state index in [1.807, 2.05) is 0 Å². The van der Waals surface area contributed by atoms with Gasteiger partial charge >= 0.3 is 5.97 Å². The Bertz CT molecular complexity index is 425. The Morgan fingerprint density at radius 2 is 2.47 bits per heavy atom. The molecule has 0 atom stereocenters. The van der Waals surface area contributed by atoms with Crippen molar-refractivity contribution in [3.05, 3.63) is 27.9 Å². The Labute approximate surface area is 85.7 Å². The van der Waals surface area contributed by atoms with Crippen LogP contribution in [0.1, 0.15) is 23.0 Å². The molecule has 1 rings (SSSR count). The highest BCUT2D eigenvalue weighted by molar-refractivity contribution is 5.90. The highest BCUT2D eigenvalue weighted by Gasteiger charge is 2.11. The first kappa shape index (κ1) is 10.9. The van der Waals surface area contributed by atoms with Gasteiger partial charge in [0.2, 0.25) is 5.95 Å². The Morgan fingerprint density at radius 3 is 3.00 bits per heavy atom. The molecular formula is C8H9N5O2. The minimum atomic E-state index is -0.484. The van der Waals surface area contributed by atoms with Crippen molar-refractivity contribution < 1.29 is 9.53 Å². The van der Waals surface area contributed by atoms with E-state index < -0.39 is 5.97 Å².